The Balaban J connectivity index is 2.07. The van der Waals surface area contributed by atoms with Crippen LogP contribution >= 0.6 is 0 Å². The predicted octanol–water partition coefficient (Wildman–Crippen LogP) is 3.24. The van der Waals surface area contributed by atoms with Gasteiger partial charge in [0.15, 0.2) is 0 Å². The molecule has 0 radical (unpaired) electrons. The van der Waals surface area contributed by atoms with Crippen LogP contribution in [0.1, 0.15) is 44.7 Å². The molecule has 1 aliphatic rings. The lowest BCUT2D eigenvalue weighted by atomic mass is 10.1. The van der Waals surface area contributed by atoms with Crippen molar-refractivity contribution < 1.29 is 8.95 Å². The molecule has 1 N–H and O–H groups in total. The molecule has 1 saturated carbocycles. The van der Waals surface area contributed by atoms with Crippen molar-refractivity contribution in [3.8, 4) is 5.75 Å². The molecule has 21 heavy (non-hydrogen) atoms. The molecule has 0 aromatic heterocycles. The standard InChI is InChI=1S/C17H27NO2S/c1-12(2)13(3)21(19)11-15-9-14(5-8-17(15)20-4)10-18-16-6-7-16/h5,8-9,12-13,16,18H,6-7,10-11H2,1-4H3. The van der Waals surface area contributed by atoms with Gasteiger partial charge in [-0.25, -0.2) is 0 Å². The molecule has 0 heterocycles. The first-order chi connectivity index (χ1) is 10.0. The quantitative estimate of drug-likeness (QED) is 0.801. The average Bonchev–Trinajstić information content (AvgIpc) is 3.28. The Morgan fingerprint density at radius 3 is 2.62 bits per heavy atom. The molecule has 0 amide bonds. The lowest BCUT2D eigenvalue weighted by Gasteiger charge is -2.17. The molecule has 2 rings (SSSR count). The van der Waals surface area contributed by atoms with E-state index in [0.29, 0.717) is 17.7 Å². The summed E-state index contributed by atoms with van der Waals surface area (Å²) >= 11 is 0. The van der Waals surface area contributed by atoms with Crippen LogP contribution in [0.5, 0.6) is 5.75 Å². The Kier molecular flexibility index (Phi) is 5.82. The second kappa shape index (κ2) is 7.41. The molecule has 1 aromatic carbocycles. The fraction of sp³-hybridized carbons (Fsp3) is 0.647. The molecule has 0 spiro atoms. The van der Waals surface area contributed by atoms with Crippen molar-refractivity contribution in [1.29, 1.82) is 0 Å². The lowest BCUT2D eigenvalue weighted by molar-refractivity contribution is 0.411. The third-order valence-electron chi connectivity index (χ3n) is 4.17. The smallest absolute Gasteiger partial charge is 0.123 e. The maximum absolute atomic E-state index is 12.4. The maximum atomic E-state index is 12.4. The fourth-order valence-corrected chi connectivity index (χ4v) is 3.59. The fourth-order valence-electron chi connectivity index (χ4n) is 2.19. The second-order valence-corrected chi connectivity index (χ2v) is 8.07. The molecule has 118 valence electrons. The molecule has 4 heteroatoms. The van der Waals surface area contributed by atoms with Crippen LogP contribution in [0.3, 0.4) is 0 Å². The van der Waals surface area contributed by atoms with Gasteiger partial charge >= 0.3 is 0 Å². The van der Waals surface area contributed by atoms with Gasteiger partial charge in [-0.3, -0.25) is 4.21 Å². The summed E-state index contributed by atoms with van der Waals surface area (Å²) in [6.07, 6.45) is 2.58. The summed E-state index contributed by atoms with van der Waals surface area (Å²) in [5.74, 6) is 1.84. The van der Waals surface area contributed by atoms with Crippen molar-refractivity contribution in [2.24, 2.45) is 5.92 Å². The third kappa shape index (κ3) is 4.82. The van der Waals surface area contributed by atoms with Gasteiger partial charge in [0.2, 0.25) is 0 Å². The predicted molar refractivity (Wildman–Crippen MR) is 89.0 cm³/mol. The van der Waals surface area contributed by atoms with Gasteiger partial charge in [0.1, 0.15) is 5.75 Å². The first-order valence-corrected chi connectivity index (χ1v) is 9.15. The Labute approximate surface area is 130 Å². The van der Waals surface area contributed by atoms with E-state index in [1.54, 1.807) is 7.11 Å². The zero-order chi connectivity index (χ0) is 15.4. The van der Waals surface area contributed by atoms with Crippen LogP contribution in [0.4, 0.5) is 0 Å². The van der Waals surface area contributed by atoms with Crippen molar-refractivity contribution in [2.75, 3.05) is 7.11 Å². The highest BCUT2D eigenvalue weighted by Gasteiger charge is 2.21. The van der Waals surface area contributed by atoms with Gasteiger partial charge in [-0.15, -0.1) is 0 Å². The summed E-state index contributed by atoms with van der Waals surface area (Å²) < 4.78 is 17.9. The third-order valence-corrected chi connectivity index (χ3v) is 6.14. The highest BCUT2D eigenvalue weighted by Crippen LogP contribution is 2.25. The Hall–Kier alpha value is -0.870. The van der Waals surface area contributed by atoms with E-state index in [2.05, 4.69) is 38.2 Å². The van der Waals surface area contributed by atoms with Crippen LogP contribution in [-0.2, 0) is 23.1 Å². The zero-order valence-electron chi connectivity index (χ0n) is 13.5. The number of benzene rings is 1. The molecule has 1 fully saturated rings. The van der Waals surface area contributed by atoms with E-state index in [-0.39, 0.29) is 5.25 Å². The van der Waals surface area contributed by atoms with E-state index in [1.165, 1.54) is 18.4 Å². The molecular weight excluding hydrogens is 282 g/mol. The Morgan fingerprint density at radius 2 is 2.05 bits per heavy atom. The van der Waals surface area contributed by atoms with E-state index < -0.39 is 10.8 Å². The van der Waals surface area contributed by atoms with Crippen molar-refractivity contribution >= 4 is 10.8 Å². The Bertz CT molecular complexity index is 498. The summed E-state index contributed by atoms with van der Waals surface area (Å²) in [5, 5.41) is 3.71. The van der Waals surface area contributed by atoms with Crippen LogP contribution in [0, 0.1) is 5.92 Å². The van der Waals surface area contributed by atoms with Gasteiger partial charge in [0, 0.05) is 34.2 Å². The number of nitrogens with one attached hydrogen (secondary N) is 1. The molecule has 1 aliphatic carbocycles. The van der Waals surface area contributed by atoms with Gasteiger partial charge < -0.3 is 10.1 Å². The number of methoxy groups -OCH3 is 1. The summed E-state index contributed by atoms with van der Waals surface area (Å²) in [6, 6.07) is 6.92. The lowest BCUT2D eigenvalue weighted by Crippen LogP contribution is -2.19. The molecule has 3 nitrogen and oxygen atoms in total. The maximum Gasteiger partial charge on any atom is 0.123 e. The van der Waals surface area contributed by atoms with E-state index in [4.69, 9.17) is 4.74 Å². The number of hydrogen-bond donors (Lipinski definition) is 1. The number of hydrogen-bond acceptors (Lipinski definition) is 3. The zero-order valence-corrected chi connectivity index (χ0v) is 14.3. The van der Waals surface area contributed by atoms with Crippen molar-refractivity contribution in [2.45, 2.75) is 57.2 Å². The minimum Gasteiger partial charge on any atom is -0.496 e. The number of rotatable bonds is 8. The van der Waals surface area contributed by atoms with Crippen LogP contribution in [0.25, 0.3) is 0 Å². The molecule has 2 atom stereocenters. The summed E-state index contributed by atoms with van der Waals surface area (Å²) in [5.41, 5.74) is 2.30. The van der Waals surface area contributed by atoms with Crippen molar-refractivity contribution in [1.82, 2.24) is 5.32 Å². The van der Waals surface area contributed by atoms with Crippen LogP contribution < -0.4 is 10.1 Å². The summed E-state index contributed by atoms with van der Waals surface area (Å²) in [4.78, 5) is 0. The minimum absolute atomic E-state index is 0.197. The number of ether oxygens (including phenoxy) is 1. The second-order valence-electron chi connectivity index (χ2n) is 6.28. The van der Waals surface area contributed by atoms with E-state index >= 15 is 0 Å². The van der Waals surface area contributed by atoms with Crippen LogP contribution in [0.15, 0.2) is 18.2 Å². The minimum atomic E-state index is -0.867. The van der Waals surface area contributed by atoms with E-state index in [1.807, 2.05) is 6.07 Å². The Morgan fingerprint density at radius 1 is 1.33 bits per heavy atom. The van der Waals surface area contributed by atoms with Gasteiger partial charge in [-0.2, -0.15) is 0 Å². The molecule has 2 unspecified atom stereocenters. The molecule has 0 bridgehead atoms. The average molecular weight is 309 g/mol. The van der Waals surface area contributed by atoms with Crippen molar-refractivity contribution in [3.05, 3.63) is 29.3 Å². The molecule has 0 aliphatic heterocycles. The molecule has 1 aromatic rings. The van der Waals surface area contributed by atoms with Gasteiger partial charge in [0.25, 0.3) is 0 Å². The van der Waals surface area contributed by atoms with Crippen LogP contribution in [-0.4, -0.2) is 22.6 Å². The topological polar surface area (TPSA) is 38.3 Å². The van der Waals surface area contributed by atoms with E-state index in [0.717, 1.165) is 17.9 Å². The van der Waals surface area contributed by atoms with Crippen molar-refractivity contribution in [3.63, 3.8) is 0 Å². The van der Waals surface area contributed by atoms with Crippen LogP contribution in [0.2, 0.25) is 0 Å². The summed E-state index contributed by atoms with van der Waals surface area (Å²) in [6.45, 7) is 7.19. The summed E-state index contributed by atoms with van der Waals surface area (Å²) in [7, 11) is 0.810. The largest absolute Gasteiger partial charge is 0.496 e. The molecular formula is C17H27NO2S. The highest BCUT2D eigenvalue weighted by atomic mass is 32.2. The normalized spacial score (nSPS) is 17.8. The highest BCUT2D eigenvalue weighted by molar-refractivity contribution is 7.84. The monoisotopic (exact) mass is 309 g/mol. The first-order valence-electron chi connectivity index (χ1n) is 7.77. The molecule has 0 saturated heterocycles. The van der Waals surface area contributed by atoms with Gasteiger partial charge in [0.05, 0.1) is 12.9 Å². The van der Waals surface area contributed by atoms with Gasteiger partial charge in [-0.1, -0.05) is 26.8 Å². The van der Waals surface area contributed by atoms with E-state index in [9.17, 15) is 4.21 Å². The SMILES string of the molecule is COc1ccc(CNC2CC2)cc1CS(=O)C(C)C(C)C. The first kappa shape index (κ1) is 16.5. The van der Waals surface area contributed by atoms with Gasteiger partial charge in [-0.05, 0) is 36.5 Å².